The molecule has 31 heavy (non-hydrogen) atoms. The highest BCUT2D eigenvalue weighted by Crippen LogP contribution is 2.37. The van der Waals surface area contributed by atoms with Crippen LogP contribution in [0.5, 0.6) is 5.75 Å². The average Bonchev–Trinajstić information content (AvgIpc) is 3.42. The molecule has 1 atom stereocenters. The van der Waals surface area contributed by atoms with Crippen molar-refractivity contribution in [2.75, 3.05) is 7.11 Å². The number of benzene rings is 1. The molecule has 0 saturated heterocycles. The smallest absolute Gasteiger partial charge is 0.330 e. The molecule has 9 heteroatoms. The van der Waals surface area contributed by atoms with E-state index in [1.54, 1.807) is 44.2 Å². The minimum atomic E-state index is -0.892. The van der Waals surface area contributed by atoms with Crippen LogP contribution in [0.25, 0.3) is 11.3 Å². The Morgan fingerprint density at radius 1 is 1.29 bits per heavy atom. The second-order valence-electron chi connectivity index (χ2n) is 7.63. The zero-order valence-electron chi connectivity index (χ0n) is 17.6. The van der Waals surface area contributed by atoms with E-state index in [0.717, 1.165) is 28.9 Å². The molecule has 4 rings (SSSR count). The second kappa shape index (κ2) is 8.63. The largest absolute Gasteiger partial charge is 0.497 e. The number of esters is 1. The second-order valence-corrected chi connectivity index (χ2v) is 7.63. The van der Waals surface area contributed by atoms with E-state index in [1.807, 2.05) is 18.2 Å². The highest BCUT2D eigenvalue weighted by molar-refractivity contribution is 5.97. The molecular formula is C22H24N4O5. The molecule has 0 bridgehead atoms. The van der Waals surface area contributed by atoms with Crippen LogP contribution in [0.4, 0.5) is 0 Å². The molecule has 1 aliphatic rings. The average molecular weight is 424 g/mol. The predicted molar refractivity (Wildman–Crippen MR) is 111 cm³/mol. The van der Waals surface area contributed by atoms with Crippen molar-refractivity contribution >= 4 is 11.9 Å². The minimum absolute atomic E-state index is 0.185. The van der Waals surface area contributed by atoms with E-state index >= 15 is 0 Å². The third-order valence-electron chi connectivity index (χ3n) is 5.10. The number of rotatable bonds is 7. The Labute approximate surface area is 179 Å². The van der Waals surface area contributed by atoms with Gasteiger partial charge in [-0.2, -0.15) is 0 Å². The molecule has 0 saturated carbocycles. The number of methoxy groups -OCH3 is 1. The van der Waals surface area contributed by atoms with Crippen LogP contribution in [0.1, 0.15) is 35.5 Å². The number of ether oxygens (including phenoxy) is 2. The first-order chi connectivity index (χ1) is 15.0. The van der Waals surface area contributed by atoms with E-state index in [0.29, 0.717) is 12.2 Å². The van der Waals surface area contributed by atoms with Crippen LogP contribution in [-0.4, -0.2) is 45.8 Å². The summed E-state index contributed by atoms with van der Waals surface area (Å²) in [5.41, 5.74) is 2.88. The quantitative estimate of drug-likeness (QED) is 0.580. The lowest BCUT2D eigenvalue weighted by Gasteiger charge is -2.20. The lowest BCUT2D eigenvalue weighted by Crippen LogP contribution is -2.45. The van der Waals surface area contributed by atoms with Gasteiger partial charge in [0.15, 0.2) is 11.5 Å². The summed E-state index contributed by atoms with van der Waals surface area (Å²) in [4.78, 5) is 29.6. The Hall–Kier alpha value is -3.62. The van der Waals surface area contributed by atoms with Gasteiger partial charge in [0, 0.05) is 23.5 Å². The molecule has 1 aliphatic carbocycles. The van der Waals surface area contributed by atoms with Crippen LogP contribution in [-0.2, 0) is 28.9 Å². The van der Waals surface area contributed by atoms with Crippen LogP contribution < -0.4 is 10.1 Å². The number of fused-ring (bicyclic) bond motifs is 3. The van der Waals surface area contributed by atoms with Gasteiger partial charge in [-0.05, 0) is 50.5 Å². The summed E-state index contributed by atoms with van der Waals surface area (Å²) in [6.07, 6.45) is 5.92. The van der Waals surface area contributed by atoms with Crippen molar-refractivity contribution in [1.82, 2.24) is 20.0 Å². The van der Waals surface area contributed by atoms with E-state index in [2.05, 4.69) is 15.5 Å². The summed E-state index contributed by atoms with van der Waals surface area (Å²) in [5, 5.41) is 6.77. The molecule has 0 unspecified atom stereocenters. The van der Waals surface area contributed by atoms with E-state index in [-0.39, 0.29) is 18.3 Å². The maximum absolute atomic E-state index is 13.0. The summed E-state index contributed by atoms with van der Waals surface area (Å²) in [5.74, 6) is 0.343. The van der Waals surface area contributed by atoms with Crippen molar-refractivity contribution in [3.05, 3.63) is 53.7 Å². The van der Waals surface area contributed by atoms with Gasteiger partial charge >= 0.3 is 5.97 Å². The number of nitrogens with one attached hydrogen (secondary N) is 1. The highest BCUT2D eigenvalue weighted by Gasteiger charge is 2.31. The van der Waals surface area contributed by atoms with Crippen molar-refractivity contribution in [2.24, 2.45) is 0 Å². The number of carbonyl (C=O) groups excluding carboxylic acids is 2. The molecule has 0 fully saturated rings. The van der Waals surface area contributed by atoms with Gasteiger partial charge in [0.2, 0.25) is 0 Å². The van der Waals surface area contributed by atoms with Crippen LogP contribution in [0.3, 0.4) is 0 Å². The van der Waals surface area contributed by atoms with E-state index in [1.165, 1.54) is 0 Å². The predicted octanol–water partition coefficient (Wildman–Crippen LogP) is 2.40. The number of nitrogens with zero attached hydrogens (tertiary/aromatic N) is 3. The van der Waals surface area contributed by atoms with Crippen molar-refractivity contribution in [1.29, 1.82) is 0 Å². The van der Waals surface area contributed by atoms with Gasteiger partial charge in [0.05, 0.1) is 26.1 Å². The first-order valence-electron chi connectivity index (χ1n) is 10.1. The number of aryl methyl sites for hydroxylation is 1. The van der Waals surface area contributed by atoms with Crippen molar-refractivity contribution in [3.8, 4) is 17.1 Å². The fraction of sp³-hybridized carbons (Fsp3) is 0.364. The first kappa shape index (κ1) is 20.6. The lowest BCUT2D eigenvalue weighted by atomic mass is 9.89. The topological polar surface area (TPSA) is 108 Å². The van der Waals surface area contributed by atoms with Gasteiger partial charge in [0.1, 0.15) is 11.8 Å². The lowest BCUT2D eigenvalue weighted by molar-refractivity contribution is -0.150. The number of imidazole rings is 1. The Morgan fingerprint density at radius 3 is 2.84 bits per heavy atom. The van der Waals surface area contributed by atoms with Crippen LogP contribution in [0.2, 0.25) is 0 Å². The molecule has 3 aromatic rings. The van der Waals surface area contributed by atoms with Gasteiger partial charge in [-0.25, -0.2) is 9.78 Å². The van der Waals surface area contributed by atoms with Gasteiger partial charge < -0.3 is 23.9 Å². The maximum atomic E-state index is 13.0. The number of hydrogen-bond donors (Lipinski definition) is 1. The Morgan fingerprint density at radius 2 is 2.13 bits per heavy atom. The van der Waals surface area contributed by atoms with Gasteiger partial charge in [0.25, 0.3) is 5.91 Å². The SMILES string of the molecule is COc1ccc2c(c1)CCc1c(C(=O)N[C@@H](Cn3ccnc3)C(=O)OC(C)C)noc1-2. The Kier molecular flexibility index (Phi) is 5.75. The summed E-state index contributed by atoms with van der Waals surface area (Å²) < 4.78 is 17.8. The fourth-order valence-electron chi connectivity index (χ4n) is 3.64. The minimum Gasteiger partial charge on any atom is -0.497 e. The first-order valence-corrected chi connectivity index (χ1v) is 10.1. The standard InChI is InChI=1S/C22H24N4O5/c1-13(2)30-22(28)18(11-26-9-8-23-12-26)24-21(27)19-17-6-4-14-10-15(29-3)5-7-16(14)20(17)31-25-19/h5,7-10,12-13,18H,4,6,11H2,1-3H3,(H,24,27)/t18-/m0/s1. The highest BCUT2D eigenvalue weighted by atomic mass is 16.5. The van der Waals surface area contributed by atoms with Gasteiger partial charge in [-0.3, -0.25) is 4.79 Å². The molecule has 1 amide bonds. The summed E-state index contributed by atoms with van der Waals surface area (Å²) >= 11 is 0. The molecule has 0 aliphatic heterocycles. The molecule has 1 N–H and O–H groups in total. The molecular weight excluding hydrogens is 400 g/mol. The van der Waals surface area contributed by atoms with Gasteiger partial charge in [-0.15, -0.1) is 0 Å². The van der Waals surface area contributed by atoms with Crippen molar-refractivity contribution in [2.45, 2.75) is 45.4 Å². The molecule has 2 aromatic heterocycles. The zero-order valence-corrected chi connectivity index (χ0v) is 17.6. The van der Waals surface area contributed by atoms with E-state index < -0.39 is 17.9 Å². The number of aromatic nitrogens is 3. The Balaban J connectivity index is 1.57. The van der Waals surface area contributed by atoms with Crippen molar-refractivity contribution < 1.29 is 23.6 Å². The summed E-state index contributed by atoms with van der Waals surface area (Å²) in [6.45, 7) is 3.71. The van der Waals surface area contributed by atoms with Crippen molar-refractivity contribution in [3.63, 3.8) is 0 Å². The number of carbonyl (C=O) groups is 2. The molecule has 2 heterocycles. The summed E-state index contributed by atoms with van der Waals surface area (Å²) in [7, 11) is 1.62. The van der Waals surface area contributed by atoms with Crippen LogP contribution >= 0.6 is 0 Å². The number of hydrogen-bond acceptors (Lipinski definition) is 7. The summed E-state index contributed by atoms with van der Waals surface area (Å²) in [6, 6.07) is 4.82. The maximum Gasteiger partial charge on any atom is 0.330 e. The monoisotopic (exact) mass is 424 g/mol. The molecule has 162 valence electrons. The molecule has 9 nitrogen and oxygen atoms in total. The third kappa shape index (κ3) is 4.30. The molecule has 0 spiro atoms. The normalized spacial score (nSPS) is 13.3. The van der Waals surface area contributed by atoms with Crippen LogP contribution in [0, 0.1) is 0 Å². The zero-order chi connectivity index (χ0) is 22.0. The molecule has 0 radical (unpaired) electrons. The van der Waals surface area contributed by atoms with E-state index in [4.69, 9.17) is 14.0 Å². The van der Waals surface area contributed by atoms with E-state index in [9.17, 15) is 9.59 Å². The fourth-order valence-corrected chi connectivity index (χ4v) is 3.64. The Bertz CT molecular complexity index is 1090. The molecule has 1 aromatic carbocycles. The van der Waals surface area contributed by atoms with Gasteiger partial charge in [-0.1, -0.05) is 5.16 Å². The van der Waals surface area contributed by atoms with Crippen LogP contribution in [0.15, 0.2) is 41.4 Å². The number of amides is 1. The third-order valence-corrected chi connectivity index (χ3v) is 5.10.